The Labute approximate surface area is 300 Å². The molecule has 0 aliphatic carbocycles. The van der Waals surface area contributed by atoms with Crippen molar-refractivity contribution >= 4 is 41.8 Å². The first-order valence-corrected chi connectivity index (χ1v) is 15.9. The average molecular weight is 721 g/mol. The molecule has 14 nitrogen and oxygen atoms in total. The monoisotopic (exact) mass is 720 g/mol. The normalized spacial score (nSPS) is 9.51. The van der Waals surface area contributed by atoms with Gasteiger partial charge in [0.2, 0.25) is 0 Å². The molecule has 14 heteroatoms. The van der Waals surface area contributed by atoms with Crippen LogP contribution in [0.5, 0.6) is 0 Å². The van der Waals surface area contributed by atoms with Crippen molar-refractivity contribution < 1.29 is 66.7 Å². The van der Waals surface area contributed by atoms with Crippen LogP contribution < -0.4 is 0 Å². The Morgan fingerprint density at radius 3 is 0.765 bits per heavy atom. The van der Waals surface area contributed by atoms with Gasteiger partial charge in [-0.2, -0.15) is 0 Å². The van der Waals surface area contributed by atoms with Crippen LogP contribution in [-0.4, -0.2) is 88.0 Å². The number of esters is 7. The van der Waals surface area contributed by atoms with E-state index in [2.05, 4.69) is 46.1 Å². The summed E-state index contributed by atoms with van der Waals surface area (Å²) in [6.45, 7) is 26.0. The summed E-state index contributed by atoms with van der Waals surface area (Å²) in [4.78, 5) is 75.9. The number of ether oxygens (including phenoxy) is 7. The van der Waals surface area contributed by atoms with Crippen molar-refractivity contribution in [1.29, 1.82) is 0 Å². The molecule has 284 valence electrons. The third-order valence-corrected chi connectivity index (χ3v) is 6.03. The standard InChI is InChI=1S/C15H20O6.C12H18O4.C10H14O4/c1-5-12(16)19-9-15(8-4,10-20-13(17)6-2)11-21-14(18)7-3;1-3-11(13)15-9-7-5-6-8-10-16-12(14)4-2;1-3-9(11)13-7-5-6-8-14-10(12)4-2/h5-7H,1-3,8-11H2,4H3;3-4H,1-2,5-10H2;3-4H,1-2,5-8H2. The fraction of sp³-hybridized carbons (Fsp3) is 0.432. The third kappa shape index (κ3) is 32.8. The Morgan fingerprint density at radius 2 is 0.569 bits per heavy atom. The molecule has 0 aromatic heterocycles. The minimum atomic E-state index is -0.837. The zero-order valence-corrected chi connectivity index (χ0v) is 29.6. The van der Waals surface area contributed by atoms with Gasteiger partial charge in [-0.25, -0.2) is 33.6 Å². The molecule has 0 fully saturated rings. The highest BCUT2D eigenvalue weighted by atomic mass is 16.6. The minimum Gasteiger partial charge on any atom is -0.463 e. The second-order valence-corrected chi connectivity index (χ2v) is 9.90. The summed E-state index contributed by atoms with van der Waals surface area (Å²) < 4.78 is 34.0. The molecular formula is C37H52O14. The number of rotatable bonds is 26. The van der Waals surface area contributed by atoms with E-state index in [-0.39, 0.29) is 31.8 Å². The molecule has 0 aliphatic rings. The van der Waals surface area contributed by atoms with E-state index in [0.717, 1.165) is 68.2 Å². The first kappa shape index (κ1) is 49.9. The predicted octanol–water partition coefficient (Wildman–Crippen LogP) is 4.80. The first-order chi connectivity index (χ1) is 24.3. The summed E-state index contributed by atoms with van der Waals surface area (Å²) >= 11 is 0. The molecule has 0 aromatic rings. The smallest absolute Gasteiger partial charge is 0.330 e. The minimum absolute atomic E-state index is 0.0802. The Bertz CT molecular complexity index is 1060. The van der Waals surface area contributed by atoms with Gasteiger partial charge in [0.05, 0.1) is 31.8 Å². The van der Waals surface area contributed by atoms with Gasteiger partial charge in [0, 0.05) is 42.5 Å². The van der Waals surface area contributed by atoms with Crippen molar-refractivity contribution in [2.75, 3.05) is 46.2 Å². The summed E-state index contributed by atoms with van der Waals surface area (Å²) in [6.07, 6.45) is 12.8. The summed E-state index contributed by atoms with van der Waals surface area (Å²) in [6, 6.07) is 0. The van der Waals surface area contributed by atoms with Crippen LogP contribution in [0.15, 0.2) is 88.6 Å². The lowest BCUT2D eigenvalue weighted by Crippen LogP contribution is -2.38. The molecule has 0 aliphatic heterocycles. The van der Waals surface area contributed by atoms with Crippen LogP contribution in [0.2, 0.25) is 0 Å². The molecule has 0 spiro atoms. The number of hydrogen-bond donors (Lipinski definition) is 0. The molecule has 51 heavy (non-hydrogen) atoms. The van der Waals surface area contributed by atoms with E-state index in [4.69, 9.17) is 33.2 Å². The van der Waals surface area contributed by atoms with E-state index < -0.39 is 35.3 Å². The topological polar surface area (TPSA) is 184 Å². The van der Waals surface area contributed by atoms with Crippen molar-refractivity contribution in [3.63, 3.8) is 0 Å². The molecule has 0 amide bonds. The lowest BCUT2D eigenvalue weighted by molar-refractivity contribution is -0.156. The summed E-state index contributed by atoms with van der Waals surface area (Å²) in [7, 11) is 0. The van der Waals surface area contributed by atoms with Crippen molar-refractivity contribution in [1.82, 2.24) is 0 Å². The Balaban J connectivity index is -0.000000694. The fourth-order valence-corrected chi connectivity index (χ4v) is 2.97. The van der Waals surface area contributed by atoms with Crippen LogP contribution in [0.3, 0.4) is 0 Å². The zero-order chi connectivity index (χ0) is 39.3. The van der Waals surface area contributed by atoms with Gasteiger partial charge in [0.25, 0.3) is 0 Å². The maximum absolute atomic E-state index is 11.2. The summed E-state index contributed by atoms with van der Waals surface area (Å²) in [5.74, 6) is -3.49. The van der Waals surface area contributed by atoms with Crippen molar-refractivity contribution in [2.45, 2.75) is 51.9 Å². The van der Waals surface area contributed by atoms with E-state index in [1.807, 2.05) is 0 Å². The summed E-state index contributed by atoms with van der Waals surface area (Å²) in [5, 5.41) is 0. The first-order valence-electron chi connectivity index (χ1n) is 15.9. The van der Waals surface area contributed by atoms with E-state index in [0.29, 0.717) is 45.7 Å². The molecule has 0 radical (unpaired) electrons. The van der Waals surface area contributed by atoms with Crippen molar-refractivity contribution in [3.8, 4) is 0 Å². The van der Waals surface area contributed by atoms with Gasteiger partial charge < -0.3 is 33.2 Å². The molecule has 0 N–H and O–H groups in total. The van der Waals surface area contributed by atoms with E-state index >= 15 is 0 Å². The van der Waals surface area contributed by atoms with Crippen LogP contribution in [0.4, 0.5) is 0 Å². The van der Waals surface area contributed by atoms with Gasteiger partial charge >= 0.3 is 41.8 Å². The SMILES string of the molecule is C=CC(=O)OCC(CC)(COC(=O)C=C)COC(=O)C=C.C=CC(=O)OCCCCCCOC(=O)C=C.C=CC(=O)OCCCCOC(=O)C=C. The lowest BCUT2D eigenvalue weighted by atomic mass is 9.88. The highest BCUT2D eigenvalue weighted by Gasteiger charge is 2.33. The molecule has 0 rings (SSSR count). The van der Waals surface area contributed by atoms with E-state index in [9.17, 15) is 33.6 Å². The Hall–Kier alpha value is -5.53. The van der Waals surface area contributed by atoms with Gasteiger partial charge in [0.1, 0.15) is 19.8 Å². The van der Waals surface area contributed by atoms with Crippen LogP contribution in [0.1, 0.15) is 51.9 Å². The second-order valence-electron chi connectivity index (χ2n) is 9.90. The van der Waals surface area contributed by atoms with Crippen molar-refractivity contribution in [2.24, 2.45) is 5.41 Å². The third-order valence-electron chi connectivity index (χ3n) is 6.03. The maximum Gasteiger partial charge on any atom is 0.330 e. The lowest BCUT2D eigenvalue weighted by Gasteiger charge is -2.30. The van der Waals surface area contributed by atoms with Gasteiger partial charge in [0.15, 0.2) is 0 Å². The molecule has 0 aromatic carbocycles. The molecule has 0 saturated carbocycles. The number of hydrogen-bond acceptors (Lipinski definition) is 14. The van der Waals surface area contributed by atoms with Crippen LogP contribution in [0, 0.1) is 5.41 Å². The van der Waals surface area contributed by atoms with Crippen LogP contribution in [0.25, 0.3) is 0 Å². The quantitative estimate of drug-likeness (QED) is 0.0514. The zero-order valence-electron chi connectivity index (χ0n) is 29.6. The Morgan fingerprint density at radius 1 is 0.373 bits per heavy atom. The molecule has 0 bridgehead atoms. The molecule has 0 heterocycles. The van der Waals surface area contributed by atoms with Crippen LogP contribution >= 0.6 is 0 Å². The number of carbonyl (C=O) groups is 7. The highest BCUT2D eigenvalue weighted by molar-refractivity contribution is 5.83. The van der Waals surface area contributed by atoms with Crippen molar-refractivity contribution in [3.05, 3.63) is 88.6 Å². The molecule has 0 atom stereocenters. The van der Waals surface area contributed by atoms with Gasteiger partial charge in [-0.3, -0.25) is 0 Å². The van der Waals surface area contributed by atoms with Gasteiger partial charge in [-0.05, 0) is 44.9 Å². The molecular weight excluding hydrogens is 668 g/mol. The highest BCUT2D eigenvalue weighted by Crippen LogP contribution is 2.24. The molecule has 0 saturated heterocycles. The Kier molecular flexibility index (Phi) is 33.6. The maximum atomic E-state index is 11.2. The van der Waals surface area contributed by atoms with E-state index in [1.54, 1.807) is 6.92 Å². The fourth-order valence-electron chi connectivity index (χ4n) is 2.97. The van der Waals surface area contributed by atoms with E-state index in [1.165, 1.54) is 0 Å². The number of unbranched alkanes of at least 4 members (excludes halogenated alkanes) is 4. The predicted molar refractivity (Wildman–Crippen MR) is 189 cm³/mol. The average Bonchev–Trinajstić information content (AvgIpc) is 3.16. The second kappa shape index (κ2) is 34.3. The van der Waals surface area contributed by atoms with Crippen LogP contribution in [-0.2, 0) is 66.7 Å². The van der Waals surface area contributed by atoms with Gasteiger partial charge in [-0.15, -0.1) is 0 Å². The molecule has 0 unspecified atom stereocenters. The largest absolute Gasteiger partial charge is 0.463 e. The number of carbonyl (C=O) groups excluding carboxylic acids is 7. The summed E-state index contributed by atoms with van der Waals surface area (Å²) in [5.41, 5.74) is -0.837. The van der Waals surface area contributed by atoms with Gasteiger partial charge in [-0.1, -0.05) is 53.0 Å².